The summed E-state index contributed by atoms with van der Waals surface area (Å²) in [5.41, 5.74) is 6.79. The molecule has 2 aromatic carbocycles. The van der Waals surface area contributed by atoms with E-state index in [1.54, 1.807) is 18.5 Å². The van der Waals surface area contributed by atoms with Gasteiger partial charge < -0.3 is 15.6 Å². The van der Waals surface area contributed by atoms with Gasteiger partial charge in [-0.3, -0.25) is 14.9 Å². The minimum Gasteiger partial charge on any atom is -0.336 e. The zero-order valence-electron chi connectivity index (χ0n) is 25.5. The minimum absolute atomic E-state index is 0.0272. The number of anilines is 1. The molecule has 0 unspecified atom stereocenters. The molecule has 47 heavy (non-hydrogen) atoms. The number of fused-ring (bicyclic) bond motifs is 2. The molecule has 1 saturated heterocycles. The Labute approximate surface area is 269 Å². The third-order valence-electron chi connectivity index (χ3n) is 8.20. The van der Waals surface area contributed by atoms with Gasteiger partial charge in [0.2, 0.25) is 15.9 Å². The normalized spacial score (nSPS) is 14.2. The van der Waals surface area contributed by atoms with Gasteiger partial charge in [0.1, 0.15) is 11.3 Å². The van der Waals surface area contributed by atoms with Gasteiger partial charge in [-0.1, -0.05) is 12.1 Å². The van der Waals surface area contributed by atoms with Crippen LogP contribution in [-0.2, 0) is 21.4 Å². The molecule has 0 saturated carbocycles. The van der Waals surface area contributed by atoms with Crippen LogP contribution in [0.2, 0.25) is 0 Å². The van der Waals surface area contributed by atoms with E-state index >= 15 is 0 Å². The molecule has 240 valence electrons. The summed E-state index contributed by atoms with van der Waals surface area (Å²) in [7, 11) is -3.45. The topological polar surface area (TPSA) is 170 Å². The summed E-state index contributed by atoms with van der Waals surface area (Å²) < 4.78 is 40.2. The van der Waals surface area contributed by atoms with Crippen LogP contribution in [0.5, 0.6) is 0 Å². The number of aromatic nitrogens is 6. The summed E-state index contributed by atoms with van der Waals surface area (Å²) in [6.07, 6.45) is 6.84. The molecule has 5 heterocycles. The lowest BCUT2D eigenvalue weighted by atomic mass is 9.94. The molecule has 1 aliphatic heterocycles. The molecule has 7 rings (SSSR count). The smallest absolute Gasteiger partial charge is 0.224 e. The van der Waals surface area contributed by atoms with Crippen molar-refractivity contribution in [2.45, 2.75) is 25.8 Å². The number of nitrogens with zero attached hydrogens (tertiary/aromatic N) is 4. The van der Waals surface area contributed by atoms with Gasteiger partial charge in [-0.05, 0) is 85.4 Å². The van der Waals surface area contributed by atoms with E-state index in [9.17, 15) is 17.6 Å². The zero-order chi connectivity index (χ0) is 32.5. The van der Waals surface area contributed by atoms with Crippen LogP contribution in [-0.4, -0.2) is 63.8 Å². The van der Waals surface area contributed by atoms with E-state index in [4.69, 9.17) is 9.97 Å². The van der Waals surface area contributed by atoms with Crippen molar-refractivity contribution in [3.8, 4) is 33.9 Å². The maximum atomic E-state index is 14.6. The van der Waals surface area contributed by atoms with Gasteiger partial charge in [-0.2, -0.15) is 5.10 Å². The van der Waals surface area contributed by atoms with Crippen molar-refractivity contribution in [1.82, 2.24) is 40.2 Å². The van der Waals surface area contributed by atoms with Crippen LogP contribution in [0, 0.1) is 11.7 Å². The zero-order valence-corrected chi connectivity index (χ0v) is 26.3. The Kier molecular flexibility index (Phi) is 8.22. The number of piperidine rings is 1. The van der Waals surface area contributed by atoms with Crippen molar-refractivity contribution >= 4 is 43.7 Å². The lowest BCUT2D eigenvalue weighted by Crippen LogP contribution is -2.30. The van der Waals surface area contributed by atoms with Crippen molar-refractivity contribution in [2.75, 3.05) is 24.7 Å². The number of hydrogen-bond donors (Lipinski definition) is 5. The van der Waals surface area contributed by atoms with Crippen molar-refractivity contribution in [3.05, 3.63) is 78.4 Å². The van der Waals surface area contributed by atoms with Crippen LogP contribution < -0.4 is 15.4 Å². The minimum atomic E-state index is -3.45. The third kappa shape index (κ3) is 6.89. The number of pyridine rings is 2. The number of aromatic amines is 2. The molecule has 0 spiro atoms. The number of benzene rings is 2. The number of sulfonamides is 1. The van der Waals surface area contributed by atoms with Crippen LogP contribution in [0.15, 0.2) is 67.0 Å². The predicted molar refractivity (Wildman–Crippen MR) is 178 cm³/mol. The molecule has 0 atom stereocenters. The highest BCUT2D eigenvalue weighted by atomic mass is 32.2. The van der Waals surface area contributed by atoms with E-state index in [0.29, 0.717) is 74.0 Å². The van der Waals surface area contributed by atoms with E-state index in [1.165, 1.54) is 12.1 Å². The predicted octanol–water partition coefficient (Wildman–Crippen LogP) is 4.75. The second-order valence-electron chi connectivity index (χ2n) is 11.8. The fourth-order valence-corrected chi connectivity index (χ4v) is 6.36. The molecule has 0 aliphatic carbocycles. The van der Waals surface area contributed by atoms with Crippen molar-refractivity contribution in [2.24, 2.45) is 5.92 Å². The molecule has 6 aromatic rings. The largest absolute Gasteiger partial charge is 0.336 e. The lowest BCUT2D eigenvalue weighted by Gasteiger charge is -2.21. The van der Waals surface area contributed by atoms with Crippen LogP contribution in [0.25, 0.3) is 56.0 Å². The third-order valence-corrected chi connectivity index (χ3v) is 8.87. The summed E-state index contributed by atoms with van der Waals surface area (Å²) in [6.45, 7) is 1.84. The summed E-state index contributed by atoms with van der Waals surface area (Å²) in [5, 5.41) is 13.8. The fourth-order valence-electron chi connectivity index (χ4n) is 5.93. The van der Waals surface area contributed by atoms with Crippen LogP contribution in [0.3, 0.4) is 0 Å². The van der Waals surface area contributed by atoms with Gasteiger partial charge in [0.05, 0.1) is 40.4 Å². The van der Waals surface area contributed by atoms with Gasteiger partial charge in [0.15, 0.2) is 11.5 Å². The molecular weight excluding hydrogens is 621 g/mol. The van der Waals surface area contributed by atoms with Gasteiger partial charge in [0.25, 0.3) is 0 Å². The maximum Gasteiger partial charge on any atom is 0.224 e. The Morgan fingerprint density at radius 1 is 0.979 bits per heavy atom. The lowest BCUT2D eigenvalue weighted by molar-refractivity contribution is -0.117. The number of carbonyl (C=O) groups excluding carboxylic acids is 1. The van der Waals surface area contributed by atoms with Crippen LogP contribution >= 0.6 is 0 Å². The first-order valence-electron chi connectivity index (χ1n) is 15.2. The fraction of sp³-hybridized carbons (Fsp3) is 0.242. The highest BCUT2D eigenvalue weighted by Gasteiger charge is 2.19. The van der Waals surface area contributed by atoms with E-state index in [1.807, 2.05) is 36.4 Å². The summed E-state index contributed by atoms with van der Waals surface area (Å²) >= 11 is 0. The second-order valence-corrected chi connectivity index (χ2v) is 13.6. The Bertz CT molecular complexity index is 2230. The molecule has 1 amide bonds. The molecule has 0 radical (unpaired) electrons. The maximum absolute atomic E-state index is 14.6. The average molecular weight is 654 g/mol. The first kappa shape index (κ1) is 30.6. The Morgan fingerprint density at radius 2 is 1.83 bits per heavy atom. The first-order chi connectivity index (χ1) is 22.7. The number of para-hydroxylation sites is 1. The molecular formula is C33H32FN9O3S. The quantitative estimate of drug-likeness (QED) is 0.149. The van der Waals surface area contributed by atoms with E-state index in [0.717, 1.165) is 37.8 Å². The van der Waals surface area contributed by atoms with Crippen LogP contribution in [0.1, 0.15) is 24.8 Å². The van der Waals surface area contributed by atoms with Crippen molar-refractivity contribution in [3.63, 3.8) is 0 Å². The van der Waals surface area contributed by atoms with E-state index < -0.39 is 15.8 Å². The monoisotopic (exact) mass is 653 g/mol. The van der Waals surface area contributed by atoms with Crippen molar-refractivity contribution in [1.29, 1.82) is 0 Å². The molecule has 12 nitrogen and oxygen atoms in total. The molecule has 1 fully saturated rings. The molecule has 0 bridgehead atoms. The van der Waals surface area contributed by atoms with E-state index in [-0.39, 0.29) is 12.5 Å². The number of H-pyrrole nitrogens is 2. The SMILES string of the molecule is CS(=O)(=O)NCc1cc(F)cc(-c2cccc3[nH]c(-c4n[nH]c5ccc(-c6cncc(NC(=O)CC7CCNCC7)c6)nc45)nc23)c1. The standard InChI is InChI=1S/C33H32FN9O3S/c1-47(45,46)37-16-20-11-21(14-23(34)12-20)25-3-2-4-27-30(25)41-33(40-27)32-31-28(42-43-32)6-5-26(39-31)22-15-24(18-36-17-22)38-29(44)13-19-7-9-35-10-8-19/h2-6,11-12,14-15,17-19,35,37H,7-10,13,16H2,1H3,(H,38,44)(H,40,41)(H,42,43). The van der Waals surface area contributed by atoms with Gasteiger partial charge in [-0.15, -0.1) is 0 Å². The van der Waals surface area contributed by atoms with Gasteiger partial charge in [-0.25, -0.2) is 27.5 Å². The number of carbonyl (C=O) groups is 1. The molecule has 1 aliphatic rings. The number of imidazole rings is 1. The van der Waals surface area contributed by atoms with Crippen LogP contribution in [0.4, 0.5) is 10.1 Å². The Morgan fingerprint density at radius 3 is 2.66 bits per heavy atom. The van der Waals surface area contributed by atoms with Crippen molar-refractivity contribution < 1.29 is 17.6 Å². The molecule has 4 aromatic heterocycles. The number of halogens is 1. The second kappa shape index (κ2) is 12.6. The van der Waals surface area contributed by atoms with Gasteiger partial charge in [0, 0.05) is 30.3 Å². The average Bonchev–Trinajstić information content (AvgIpc) is 3.68. The first-order valence-corrected chi connectivity index (χ1v) is 17.1. The Hall–Kier alpha value is -5.05. The van der Waals surface area contributed by atoms with Gasteiger partial charge >= 0.3 is 0 Å². The highest BCUT2D eigenvalue weighted by Crippen LogP contribution is 2.33. The molecule has 14 heteroatoms. The number of nitrogens with one attached hydrogen (secondary N) is 5. The number of amides is 1. The van der Waals surface area contributed by atoms with E-state index in [2.05, 4.69) is 35.5 Å². The summed E-state index contributed by atoms with van der Waals surface area (Å²) in [6, 6.07) is 15.6. The number of rotatable bonds is 9. The highest BCUT2D eigenvalue weighted by molar-refractivity contribution is 7.88. The summed E-state index contributed by atoms with van der Waals surface area (Å²) in [5.74, 6) is 0.327. The number of hydrogen-bond acceptors (Lipinski definition) is 8. The summed E-state index contributed by atoms with van der Waals surface area (Å²) in [4.78, 5) is 30.1. The molecule has 5 N–H and O–H groups in total. The Balaban J connectivity index is 1.18.